The van der Waals surface area contributed by atoms with Gasteiger partial charge in [-0.25, -0.2) is 0 Å². The summed E-state index contributed by atoms with van der Waals surface area (Å²) in [4.78, 5) is 0. The lowest BCUT2D eigenvalue weighted by Crippen LogP contribution is -2.20. The van der Waals surface area contributed by atoms with Gasteiger partial charge in [0.05, 0.1) is 25.4 Å². The van der Waals surface area contributed by atoms with E-state index >= 15 is 0 Å². The van der Waals surface area contributed by atoms with Gasteiger partial charge in [0.15, 0.2) is 0 Å². The molecule has 98 valence electrons. The number of nitrogens with one attached hydrogen (secondary N) is 1. The molecule has 18 heavy (non-hydrogen) atoms. The zero-order valence-electron chi connectivity index (χ0n) is 10.6. The normalized spacial score (nSPS) is 12.8. The quantitative estimate of drug-likeness (QED) is 0.745. The van der Waals surface area contributed by atoms with Gasteiger partial charge in [-0.2, -0.15) is 5.10 Å². The first-order chi connectivity index (χ1) is 8.70. The molecule has 7 heteroatoms. The van der Waals surface area contributed by atoms with E-state index in [4.69, 9.17) is 5.11 Å². The van der Waals surface area contributed by atoms with Crippen molar-refractivity contribution in [2.45, 2.75) is 26.1 Å². The average Bonchev–Trinajstić information content (AvgIpc) is 2.96. The lowest BCUT2D eigenvalue weighted by Gasteiger charge is -2.11. The maximum atomic E-state index is 8.81. The third-order valence-electron chi connectivity index (χ3n) is 2.76. The van der Waals surface area contributed by atoms with Crippen molar-refractivity contribution in [3.63, 3.8) is 0 Å². The minimum atomic E-state index is 0.101. The number of rotatable bonds is 6. The Morgan fingerprint density at radius 2 is 2.33 bits per heavy atom. The van der Waals surface area contributed by atoms with Gasteiger partial charge in [0, 0.05) is 25.4 Å². The molecule has 0 aromatic carbocycles. The summed E-state index contributed by atoms with van der Waals surface area (Å²) >= 11 is 0. The Kier molecular flexibility index (Phi) is 4.06. The van der Waals surface area contributed by atoms with Gasteiger partial charge in [0.2, 0.25) is 0 Å². The van der Waals surface area contributed by atoms with E-state index in [0.717, 1.165) is 11.4 Å². The van der Waals surface area contributed by atoms with Crippen molar-refractivity contribution in [3.8, 4) is 0 Å². The van der Waals surface area contributed by atoms with Crippen LogP contribution >= 0.6 is 0 Å². The third kappa shape index (κ3) is 2.93. The lowest BCUT2D eigenvalue weighted by molar-refractivity contribution is 0.269. The van der Waals surface area contributed by atoms with Crippen LogP contribution in [0.15, 0.2) is 18.7 Å². The molecule has 0 saturated heterocycles. The smallest absolute Gasteiger partial charge is 0.149 e. The fourth-order valence-electron chi connectivity index (χ4n) is 1.77. The van der Waals surface area contributed by atoms with Gasteiger partial charge in [-0.15, -0.1) is 10.2 Å². The van der Waals surface area contributed by atoms with E-state index in [-0.39, 0.29) is 12.6 Å². The summed E-state index contributed by atoms with van der Waals surface area (Å²) in [5, 5.41) is 24.2. The Morgan fingerprint density at radius 3 is 3.00 bits per heavy atom. The Morgan fingerprint density at radius 1 is 1.50 bits per heavy atom. The molecule has 0 bridgehead atoms. The highest BCUT2D eigenvalue weighted by atomic mass is 16.3. The van der Waals surface area contributed by atoms with Crippen LogP contribution in [-0.4, -0.2) is 36.3 Å². The van der Waals surface area contributed by atoms with E-state index in [1.54, 1.807) is 17.2 Å². The molecule has 2 N–H and O–H groups in total. The van der Waals surface area contributed by atoms with Crippen molar-refractivity contribution in [1.29, 1.82) is 0 Å². The van der Waals surface area contributed by atoms with Crippen molar-refractivity contribution in [2.75, 3.05) is 6.61 Å². The van der Waals surface area contributed by atoms with E-state index in [1.165, 1.54) is 0 Å². The Balaban J connectivity index is 1.89. The Bertz CT molecular complexity index is 491. The first-order valence-corrected chi connectivity index (χ1v) is 5.90. The minimum absolute atomic E-state index is 0.101. The number of aliphatic hydroxyl groups is 1. The third-order valence-corrected chi connectivity index (χ3v) is 2.76. The largest absolute Gasteiger partial charge is 0.394 e. The number of hydrogen-bond donors (Lipinski definition) is 2. The second kappa shape index (κ2) is 5.74. The predicted molar refractivity (Wildman–Crippen MR) is 65.6 cm³/mol. The SMILES string of the molecule is CC(NCc1cnn(CCO)c1)c1nncn1C. The molecule has 2 aromatic heterocycles. The van der Waals surface area contributed by atoms with Crippen molar-refractivity contribution < 1.29 is 5.11 Å². The van der Waals surface area contributed by atoms with E-state index in [9.17, 15) is 0 Å². The first kappa shape index (κ1) is 12.7. The van der Waals surface area contributed by atoms with Crippen LogP contribution in [0.2, 0.25) is 0 Å². The van der Waals surface area contributed by atoms with E-state index in [1.807, 2.05) is 24.7 Å². The highest BCUT2D eigenvalue weighted by Gasteiger charge is 2.10. The summed E-state index contributed by atoms with van der Waals surface area (Å²) in [6.07, 6.45) is 5.41. The molecule has 0 fully saturated rings. The molecular formula is C11H18N6O. The van der Waals surface area contributed by atoms with Gasteiger partial charge in [-0.05, 0) is 6.92 Å². The van der Waals surface area contributed by atoms with Gasteiger partial charge in [-0.1, -0.05) is 0 Å². The summed E-state index contributed by atoms with van der Waals surface area (Å²) in [7, 11) is 1.92. The first-order valence-electron chi connectivity index (χ1n) is 5.90. The molecule has 0 spiro atoms. The number of aromatic nitrogens is 5. The summed E-state index contributed by atoms with van der Waals surface area (Å²) in [5.74, 6) is 0.901. The number of nitrogens with zero attached hydrogens (tertiary/aromatic N) is 5. The molecule has 0 aliphatic rings. The van der Waals surface area contributed by atoms with Crippen molar-refractivity contribution >= 4 is 0 Å². The van der Waals surface area contributed by atoms with Gasteiger partial charge in [0.1, 0.15) is 12.2 Å². The molecule has 1 atom stereocenters. The van der Waals surface area contributed by atoms with Crippen LogP contribution < -0.4 is 5.32 Å². The highest BCUT2D eigenvalue weighted by molar-refractivity contribution is 5.04. The van der Waals surface area contributed by atoms with E-state index < -0.39 is 0 Å². The summed E-state index contributed by atoms with van der Waals surface area (Å²) in [6.45, 7) is 3.38. The fourth-order valence-corrected chi connectivity index (χ4v) is 1.77. The second-order valence-electron chi connectivity index (χ2n) is 4.24. The van der Waals surface area contributed by atoms with Gasteiger partial charge in [-0.3, -0.25) is 4.68 Å². The fraction of sp³-hybridized carbons (Fsp3) is 0.545. The van der Waals surface area contributed by atoms with Crippen molar-refractivity contribution in [1.82, 2.24) is 29.9 Å². The molecule has 1 unspecified atom stereocenters. The predicted octanol–water partition coefficient (Wildman–Crippen LogP) is -0.145. The van der Waals surface area contributed by atoms with Gasteiger partial charge >= 0.3 is 0 Å². The molecular weight excluding hydrogens is 232 g/mol. The summed E-state index contributed by atoms with van der Waals surface area (Å²) in [5.41, 5.74) is 1.08. The van der Waals surface area contributed by atoms with Crippen LogP contribution in [-0.2, 0) is 20.1 Å². The van der Waals surface area contributed by atoms with Crippen molar-refractivity contribution in [3.05, 3.63) is 30.1 Å². The number of aryl methyl sites for hydroxylation is 1. The molecule has 0 amide bonds. The van der Waals surface area contributed by atoms with E-state index in [0.29, 0.717) is 13.1 Å². The zero-order chi connectivity index (χ0) is 13.0. The molecule has 0 aliphatic heterocycles. The van der Waals surface area contributed by atoms with Crippen molar-refractivity contribution in [2.24, 2.45) is 7.05 Å². The molecule has 2 rings (SSSR count). The summed E-state index contributed by atoms with van der Waals surface area (Å²) < 4.78 is 3.62. The molecule has 7 nitrogen and oxygen atoms in total. The molecule has 0 aliphatic carbocycles. The molecule has 0 radical (unpaired) electrons. The Labute approximate surface area is 105 Å². The molecule has 2 aromatic rings. The summed E-state index contributed by atoms with van der Waals surface area (Å²) in [6, 6.07) is 0.124. The lowest BCUT2D eigenvalue weighted by atomic mass is 10.3. The van der Waals surface area contributed by atoms with Crippen LogP contribution in [0.3, 0.4) is 0 Å². The van der Waals surface area contributed by atoms with Crippen LogP contribution in [0.4, 0.5) is 0 Å². The Hall–Kier alpha value is -1.73. The molecule has 0 saturated carbocycles. The second-order valence-corrected chi connectivity index (χ2v) is 4.24. The number of hydrogen-bond acceptors (Lipinski definition) is 5. The van der Waals surface area contributed by atoms with Gasteiger partial charge in [0.25, 0.3) is 0 Å². The van der Waals surface area contributed by atoms with E-state index in [2.05, 4.69) is 20.6 Å². The average molecular weight is 250 g/mol. The maximum absolute atomic E-state index is 8.81. The minimum Gasteiger partial charge on any atom is -0.394 e. The standard InChI is InChI=1S/C11H18N6O/c1-9(11-15-13-8-16(11)2)12-5-10-6-14-17(7-10)3-4-18/h6-9,12,18H,3-5H2,1-2H3. The monoisotopic (exact) mass is 250 g/mol. The van der Waals surface area contributed by atoms with Crippen LogP contribution in [0.25, 0.3) is 0 Å². The van der Waals surface area contributed by atoms with Crippen LogP contribution in [0, 0.1) is 0 Å². The molecule has 2 heterocycles. The highest BCUT2D eigenvalue weighted by Crippen LogP contribution is 2.08. The number of aliphatic hydroxyl groups excluding tert-OH is 1. The van der Waals surface area contributed by atoms with Gasteiger partial charge < -0.3 is 15.0 Å². The zero-order valence-corrected chi connectivity index (χ0v) is 10.6. The van der Waals surface area contributed by atoms with Crippen LogP contribution in [0.5, 0.6) is 0 Å². The topological polar surface area (TPSA) is 80.8 Å². The maximum Gasteiger partial charge on any atom is 0.149 e. The van der Waals surface area contributed by atoms with Crippen LogP contribution in [0.1, 0.15) is 24.4 Å².